The standard InChI is InChI=1S/C27H32B2FN5O2/c1-18(36)33-11-7-20(8-12-33)32-25-16-22(24(30)17-31-25)26(37)34-13-9-21(10-14-34)35-15-6-19-4-2-3-5-23(19)27(35,28)29/h2-5,16-17,20-21H,6-15H2,1H3,(H,31,32). The number of amides is 2. The van der Waals surface area contributed by atoms with Gasteiger partial charge in [0.05, 0.1) is 27.5 Å². The van der Waals surface area contributed by atoms with Gasteiger partial charge in [-0.2, -0.15) is 0 Å². The molecule has 4 heterocycles. The molecule has 0 aliphatic carbocycles. The minimum absolute atomic E-state index is 0.0241. The molecule has 2 fully saturated rings. The smallest absolute Gasteiger partial charge is 0.257 e. The third-order valence-electron chi connectivity index (χ3n) is 8.12. The Labute approximate surface area is 220 Å². The Kier molecular flexibility index (Phi) is 7.30. The van der Waals surface area contributed by atoms with Gasteiger partial charge >= 0.3 is 0 Å². The van der Waals surface area contributed by atoms with Crippen LogP contribution in [0.2, 0.25) is 0 Å². The molecule has 2 saturated heterocycles. The number of aromatic nitrogens is 1. The zero-order valence-corrected chi connectivity index (χ0v) is 21.3. The van der Waals surface area contributed by atoms with Crippen molar-refractivity contribution in [1.82, 2.24) is 19.7 Å². The Balaban J connectivity index is 1.21. The van der Waals surface area contributed by atoms with Crippen LogP contribution < -0.4 is 5.32 Å². The van der Waals surface area contributed by atoms with Crippen LogP contribution >= 0.6 is 0 Å². The molecule has 2 amide bonds. The average Bonchev–Trinajstić information content (AvgIpc) is 2.90. The summed E-state index contributed by atoms with van der Waals surface area (Å²) in [5, 5.41) is 2.26. The summed E-state index contributed by atoms with van der Waals surface area (Å²) in [6, 6.07) is 9.80. The van der Waals surface area contributed by atoms with Gasteiger partial charge in [0.25, 0.3) is 5.91 Å². The number of halogens is 1. The normalized spacial score (nSPS) is 20.9. The quantitative estimate of drug-likeness (QED) is 0.655. The number of piperidine rings is 2. The highest BCUT2D eigenvalue weighted by molar-refractivity contribution is 6.40. The predicted octanol–water partition coefficient (Wildman–Crippen LogP) is 2.25. The second-order valence-electron chi connectivity index (χ2n) is 10.4. The first-order chi connectivity index (χ1) is 17.7. The summed E-state index contributed by atoms with van der Waals surface area (Å²) in [6.07, 6.45) is 4.99. The molecule has 2 aromatic rings. The Hall–Kier alpha value is -2.87. The maximum absolute atomic E-state index is 14.7. The van der Waals surface area contributed by atoms with E-state index in [1.165, 1.54) is 11.6 Å². The molecular weight excluding hydrogens is 467 g/mol. The van der Waals surface area contributed by atoms with E-state index in [1.54, 1.807) is 11.8 Å². The number of benzene rings is 1. The number of carbonyl (C=O) groups is 2. The molecule has 3 aliphatic heterocycles. The first-order valence-electron chi connectivity index (χ1n) is 13.1. The minimum Gasteiger partial charge on any atom is -0.367 e. The number of rotatable bonds is 4. The second-order valence-corrected chi connectivity index (χ2v) is 10.4. The van der Waals surface area contributed by atoms with Gasteiger partial charge in [0, 0.05) is 51.7 Å². The second kappa shape index (κ2) is 10.5. The molecule has 0 atom stereocenters. The van der Waals surface area contributed by atoms with E-state index in [4.69, 9.17) is 15.7 Å². The molecule has 0 saturated carbocycles. The van der Waals surface area contributed by atoms with E-state index in [2.05, 4.69) is 21.3 Å². The SMILES string of the molecule is [B]C1([B])c2ccccc2CCN1C1CCN(C(=O)c2cc(NC3CCN(C(C)=O)CC3)ncc2F)CC1. The molecule has 37 heavy (non-hydrogen) atoms. The number of pyridine rings is 1. The van der Waals surface area contributed by atoms with Crippen LogP contribution in [0.1, 0.15) is 54.1 Å². The van der Waals surface area contributed by atoms with E-state index in [0.717, 1.165) is 50.4 Å². The molecule has 1 aromatic carbocycles. The Morgan fingerprint density at radius 3 is 2.41 bits per heavy atom. The highest BCUT2D eigenvalue weighted by Gasteiger charge is 2.39. The molecule has 0 bridgehead atoms. The van der Waals surface area contributed by atoms with E-state index in [9.17, 15) is 14.0 Å². The van der Waals surface area contributed by atoms with Crippen LogP contribution in [0.5, 0.6) is 0 Å². The molecule has 7 nitrogen and oxygen atoms in total. The molecule has 190 valence electrons. The van der Waals surface area contributed by atoms with Crippen LogP contribution in [0.25, 0.3) is 0 Å². The van der Waals surface area contributed by atoms with E-state index in [1.807, 2.05) is 23.1 Å². The van der Waals surface area contributed by atoms with Gasteiger partial charge in [-0.05, 0) is 54.6 Å². The monoisotopic (exact) mass is 499 g/mol. The van der Waals surface area contributed by atoms with Crippen molar-refractivity contribution in [2.75, 3.05) is 38.0 Å². The summed E-state index contributed by atoms with van der Waals surface area (Å²) in [7, 11) is 13.3. The predicted molar refractivity (Wildman–Crippen MR) is 142 cm³/mol. The number of hydrogen-bond acceptors (Lipinski definition) is 5. The van der Waals surface area contributed by atoms with Crippen LogP contribution in [0.4, 0.5) is 10.2 Å². The summed E-state index contributed by atoms with van der Waals surface area (Å²) in [5.74, 6) is -0.407. The van der Waals surface area contributed by atoms with Gasteiger partial charge in [0.2, 0.25) is 5.91 Å². The molecule has 10 heteroatoms. The Bertz CT molecular complexity index is 1160. The molecule has 4 radical (unpaired) electrons. The fourth-order valence-electron chi connectivity index (χ4n) is 5.97. The molecular formula is C27H32B2FN5O2. The summed E-state index contributed by atoms with van der Waals surface area (Å²) >= 11 is 0. The zero-order chi connectivity index (χ0) is 26.2. The van der Waals surface area contributed by atoms with Gasteiger partial charge in [0.1, 0.15) is 5.82 Å². The molecule has 1 aromatic heterocycles. The Morgan fingerprint density at radius 2 is 1.70 bits per heavy atom. The lowest BCUT2D eigenvalue weighted by atomic mass is 9.54. The summed E-state index contributed by atoms with van der Waals surface area (Å²) in [4.78, 5) is 34.7. The third kappa shape index (κ3) is 5.26. The van der Waals surface area contributed by atoms with E-state index in [-0.39, 0.29) is 29.5 Å². The van der Waals surface area contributed by atoms with Crippen molar-refractivity contribution in [3.05, 3.63) is 59.0 Å². The van der Waals surface area contributed by atoms with Gasteiger partial charge in [-0.15, -0.1) is 0 Å². The maximum atomic E-state index is 14.7. The number of nitrogens with zero attached hydrogens (tertiary/aromatic N) is 4. The van der Waals surface area contributed by atoms with Gasteiger partial charge in [-0.1, -0.05) is 24.3 Å². The first-order valence-corrected chi connectivity index (χ1v) is 13.1. The molecule has 5 rings (SSSR count). The number of carbonyl (C=O) groups excluding carboxylic acids is 2. The third-order valence-corrected chi connectivity index (χ3v) is 8.12. The number of likely N-dealkylation sites (tertiary alicyclic amines) is 2. The van der Waals surface area contributed by atoms with Gasteiger partial charge < -0.3 is 20.0 Å². The van der Waals surface area contributed by atoms with Crippen molar-refractivity contribution in [2.45, 2.75) is 56.4 Å². The van der Waals surface area contributed by atoms with Gasteiger partial charge in [0.15, 0.2) is 5.82 Å². The fourth-order valence-corrected chi connectivity index (χ4v) is 5.97. The van der Waals surface area contributed by atoms with Gasteiger partial charge in [-0.25, -0.2) is 9.37 Å². The van der Waals surface area contributed by atoms with Crippen LogP contribution in [-0.4, -0.2) is 92.0 Å². The van der Waals surface area contributed by atoms with Crippen LogP contribution in [0, 0.1) is 5.82 Å². The van der Waals surface area contributed by atoms with Crippen LogP contribution in [0.3, 0.4) is 0 Å². The maximum Gasteiger partial charge on any atom is 0.257 e. The Morgan fingerprint density at radius 1 is 1.03 bits per heavy atom. The van der Waals surface area contributed by atoms with Crippen molar-refractivity contribution >= 4 is 33.3 Å². The van der Waals surface area contributed by atoms with Crippen molar-refractivity contribution in [3.8, 4) is 0 Å². The lowest BCUT2D eigenvalue weighted by Gasteiger charge is -2.51. The van der Waals surface area contributed by atoms with Crippen LogP contribution in [0.15, 0.2) is 36.5 Å². The molecule has 0 spiro atoms. The van der Waals surface area contributed by atoms with Crippen molar-refractivity contribution < 1.29 is 14.0 Å². The number of nitrogens with one attached hydrogen (secondary N) is 1. The number of anilines is 1. The van der Waals surface area contributed by atoms with E-state index < -0.39 is 11.2 Å². The topological polar surface area (TPSA) is 68.8 Å². The lowest BCUT2D eigenvalue weighted by molar-refractivity contribution is -0.129. The molecule has 3 aliphatic rings. The summed E-state index contributed by atoms with van der Waals surface area (Å²) in [6.45, 7) is 4.69. The van der Waals surface area contributed by atoms with E-state index in [0.29, 0.717) is 32.0 Å². The first kappa shape index (κ1) is 25.8. The molecule has 0 unspecified atom stereocenters. The van der Waals surface area contributed by atoms with Crippen molar-refractivity contribution in [3.63, 3.8) is 0 Å². The van der Waals surface area contributed by atoms with Crippen molar-refractivity contribution in [1.29, 1.82) is 0 Å². The molecule has 1 N–H and O–H groups in total. The minimum atomic E-state index is -1.05. The highest BCUT2D eigenvalue weighted by Crippen LogP contribution is 2.35. The van der Waals surface area contributed by atoms with E-state index >= 15 is 0 Å². The highest BCUT2D eigenvalue weighted by atomic mass is 19.1. The van der Waals surface area contributed by atoms with Gasteiger partial charge in [-0.3, -0.25) is 9.59 Å². The van der Waals surface area contributed by atoms with Crippen molar-refractivity contribution in [2.24, 2.45) is 0 Å². The van der Waals surface area contributed by atoms with Crippen LogP contribution in [-0.2, 0) is 16.6 Å². The summed E-state index contributed by atoms with van der Waals surface area (Å²) < 4.78 is 14.7. The number of hydrogen-bond donors (Lipinski definition) is 1. The lowest BCUT2D eigenvalue weighted by Crippen LogP contribution is -2.58. The zero-order valence-electron chi connectivity index (χ0n) is 21.3. The number of fused-ring (bicyclic) bond motifs is 1. The average molecular weight is 499 g/mol. The fraction of sp³-hybridized carbons (Fsp3) is 0.519. The summed E-state index contributed by atoms with van der Waals surface area (Å²) in [5.41, 5.74) is 2.15. The largest absolute Gasteiger partial charge is 0.367 e.